The maximum Gasteiger partial charge on any atom is 0.259 e. The van der Waals surface area contributed by atoms with E-state index in [0.717, 1.165) is 33.4 Å². The quantitative estimate of drug-likeness (QED) is 0.479. The summed E-state index contributed by atoms with van der Waals surface area (Å²) in [4.78, 5) is 15.3. The predicted octanol–water partition coefficient (Wildman–Crippen LogP) is 4.00. The Kier molecular flexibility index (Phi) is 5.05. The molecule has 25 heavy (non-hydrogen) atoms. The molecule has 0 radical (unpaired) electrons. The number of benzene rings is 2. The van der Waals surface area contributed by atoms with Crippen molar-refractivity contribution in [3.63, 3.8) is 0 Å². The Morgan fingerprint density at radius 1 is 1.20 bits per heavy atom. The molecule has 1 amide bonds. The lowest BCUT2D eigenvalue weighted by molar-refractivity contribution is -0.119. The topological polar surface area (TPSA) is 69.3 Å². The second kappa shape index (κ2) is 7.40. The number of anilines is 1. The number of hydrazone groups is 1. The number of nitrogens with zero attached hydrogens (tertiary/aromatic N) is 1. The van der Waals surface area contributed by atoms with Crippen molar-refractivity contribution in [2.24, 2.45) is 5.10 Å². The van der Waals surface area contributed by atoms with Gasteiger partial charge < -0.3 is 10.3 Å². The third kappa shape index (κ3) is 3.83. The van der Waals surface area contributed by atoms with Crippen molar-refractivity contribution < 1.29 is 4.79 Å². The highest BCUT2D eigenvalue weighted by Gasteiger charge is 2.06. The van der Waals surface area contributed by atoms with Gasteiger partial charge in [-0.2, -0.15) is 5.10 Å². The molecule has 0 spiro atoms. The van der Waals surface area contributed by atoms with Crippen LogP contribution in [0.3, 0.4) is 0 Å². The third-order valence-corrected chi connectivity index (χ3v) is 4.44. The van der Waals surface area contributed by atoms with E-state index < -0.39 is 0 Å². The number of nitrogens with one attached hydrogen (secondary N) is 3. The molecule has 6 heteroatoms. The summed E-state index contributed by atoms with van der Waals surface area (Å²) in [5.41, 5.74) is 7.30. The number of aromatic amines is 1. The molecule has 0 saturated carbocycles. The normalized spacial score (nSPS) is 11.2. The van der Waals surface area contributed by atoms with Crippen LogP contribution < -0.4 is 10.7 Å². The molecule has 1 heterocycles. The SMILES string of the molecule is Cc1[nH]c2ccccc2c1C=NNC(=O)CNc1cccc(Cl)c1C. The molecule has 5 nitrogen and oxygen atoms in total. The summed E-state index contributed by atoms with van der Waals surface area (Å²) in [6.07, 6.45) is 1.66. The van der Waals surface area contributed by atoms with Gasteiger partial charge in [-0.05, 0) is 37.6 Å². The lowest BCUT2D eigenvalue weighted by Crippen LogP contribution is -2.26. The van der Waals surface area contributed by atoms with E-state index in [4.69, 9.17) is 11.6 Å². The molecule has 0 aliphatic rings. The largest absolute Gasteiger partial charge is 0.376 e. The zero-order chi connectivity index (χ0) is 17.8. The molecule has 0 saturated heterocycles. The monoisotopic (exact) mass is 354 g/mol. The minimum Gasteiger partial charge on any atom is -0.376 e. The molecule has 2 aromatic carbocycles. The molecule has 0 aliphatic heterocycles. The predicted molar refractivity (Wildman–Crippen MR) is 103 cm³/mol. The number of hydrogen-bond donors (Lipinski definition) is 3. The molecule has 0 unspecified atom stereocenters. The smallest absolute Gasteiger partial charge is 0.259 e. The molecule has 0 fully saturated rings. The number of halogens is 1. The van der Waals surface area contributed by atoms with E-state index in [1.54, 1.807) is 6.21 Å². The molecule has 1 aromatic heterocycles. The van der Waals surface area contributed by atoms with E-state index in [9.17, 15) is 4.79 Å². The van der Waals surface area contributed by atoms with Crippen molar-refractivity contribution in [2.45, 2.75) is 13.8 Å². The summed E-state index contributed by atoms with van der Waals surface area (Å²) in [6.45, 7) is 4.00. The molecule has 3 rings (SSSR count). The van der Waals surface area contributed by atoms with Gasteiger partial charge in [0.2, 0.25) is 0 Å². The zero-order valence-corrected chi connectivity index (χ0v) is 14.8. The summed E-state index contributed by atoms with van der Waals surface area (Å²) in [7, 11) is 0. The third-order valence-electron chi connectivity index (χ3n) is 4.03. The number of fused-ring (bicyclic) bond motifs is 1. The summed E-state index contributed by atoms with van der Waals surface area (Å²) in [5.74, 6) is -0.229. The Bertz CT molecular complexity index is 946. The molecule has 128 valence electrons. The fourth-order valence-electron chi connectivity index (χ4n) is 2.65. The first-order chi connectivity index (χ1) is 12.1. The molecule has 0 atom stereocenters. The fraction of sp³-hybridized carbons (Fsp3) is 0.158. The number of H-pyrrole nitrogens is 1. The van der Waals surface area contributed by atoms with Crippen LogP contribution in [0.15, 0.2) is 47.6 Å². The van der Waals surface area contributed by atoms with Gasteiger partial charge in [0.15, 0.2) is 0 Å². The van der Waals surface area contributed by atoms with Crippen molar-refractivity contribution >= 4 is 40.3 Å². The van der Waals surface area contributed by atoms with Gasteiger partial charge in [0.25, 0.3) is 5.91 Å². The number of rotatable bonds is 5. The number of carbonyl (C=O) groups excluding carboxylic acids is 1. The van der Waals surface area contributed by atoms with Gasteiger partial charge in [-0.25, -0.2) is 5.43 Å². The Morgan fingerprint density at radius 3 is 2.84 bits per heavy atom. The van der Waals surface area contributed by atoms with Crippen LogP contribution in [0, 0.1) is 13.8 Å². The van der Waals surface area contributed by atoms with Crippen molar-refractivity contribution in [3.05, 3.63) is 64.3 Å². The molecule has 3 aromatic rings. The van der Waals surface area contributed by atoms with Crippen molar-refractivity contribution in [2.75, 3.05) is 11.9 Å². The average Bonchev–Trinajstić information content (AvgIpc) is 2.92. The van der Waals surface area contributed by atoms with Crippen LogP contribution in [0.1, 0.15) is 16.8 Å². The molecule has 0 bridgehead atoms. The summed E-state index contributed by atoms with van der Waals surface area (Å²) < 4.78 is 0. The number of para-hydroxylation sites is 1. The number of aromatic nitrogens is 1. The maximum atomic E-state index is 12.0. The highest BCUT2D eigenvalue weighted by Crippen LogP contribution is 2.22. The first kappa shape index (κ1) is 17.0. The van der Waals surface area contributed by atoms with Gasteiger partial charge >= 0.3 is 0 Å². The van der Waals surface area contributed by atoms with Crippen molar-refractivity contribution in [1.29, 1.82) is 0 Å². The lowest BCUT2D eigenvalue weighted by Gasteiger charge is -2.09. The van der Waals surface area contributed by atoms with Crippen LogP contribution in [0.5, 0.6) is 0 Å². The Labute approximate surface area is 151 Å². The second-order valence-corrected chi connectivity index (χ2v) is 6.18. The average molecular weight is 355 g/mol. The van der Waals surface area contributed by atoms with E-state index in [1.807, 2.05) is 56.3 Å². The van der Waals surface area contributed by atoms with Crippen molar-refractivity contribution in [1.82, 2.24) is 10.4 Å². The summed E-state index contributed by atoms with van der Waals surface area (Å²) >= 11 is 6.07. The number of amides is 1. The zero-order valence-electron chi connectivity index (χ0n) is 14.1. The van der Waals surface area contributed by atoms with Crippen molar-refractivity contribution in [3.8, 4) is 0 Å². The van der Waals surface area contributed by atoms with Gasteiger partial charge in [0.05, 0.1) is 12.8 Å². The van der Waals surface area contributed by atoms with Gasteiger partial charge in [-0.3, -0.25) is 4.79 Å². The highest BCUT2D eigenvalue weighted by atomic mass is 35.5. The van der Waals surface area contributed by atoms with Crippen LogP contribution in [0.25, 0.3) is 10.9 Å². The second-order valence-electron chi connectivity index (χ2n) is 5.77. The van der Waals surface area contributed by atoms with Crippen LogP contribution in [0.4, 0.5) is 5.69 Å². The highest BCUT2D eigenvalue weighted by molar-refractivity contribution is 6.31. The van der Waals surface area contributed by atoms with Crippen LogP contribution in [-0.2, 0) is 4.79 Å². The van der Waals surface area contributed by atoms with Gasteiger partial charge in [-0.1, -0.05) is 35.9 Å². The van der Waals surface area contributed by atoms with Crippen LogP contribution in [-0.4, -0.2) is 23.7 Å². The van der Waals surface area contributed by atoms with E-state index >= 15 is 0 Å². The Hall–Kier alpha value is -2.79. The van der Waals surface area contributed by atoms with Gasteiger partial charge in [-0.15, -0.1) is 0 Å². The molecule has 3 N–H and O–H groups in total. The minimum absolute atomic E-state index is 0.116. The minimum atomic E-state index is -0.229. The van der Waals surface area contributed by atoms with Gasteiger partial charge in [0, 0.05) is 32.9 Å². The van der Waals surface area contributed by atoms with Crippen LogP contribution in [0.2, 0.25) is 5.02 Å². The van der Waals surface area contributed by atoms with E-state index in [-0.39, 0.29) is 12.5 Å². The fourth-order valence-corrected chi connectivity index (χ4v) is 2.82. The molecular formula is C19H19ClN4O. The van der Waals surface area contributed by atoms with E-state index in [0.29, 0.717) is 5.02 Å². The van der Waals surface area contributed by atoms with E-state index in [1.165, 1.54) is 0 Å². The lowest BCUT2D eigenvalue weighted by atomic mass is 10.1. The summed E-state index contributed by atoms with van der Waals surface area (Å²) in [5, 5.41) is 8.87. The standard InChI is InChI=1S/C19H19ClN4O/c1-12-16(20)7-5-9-17(12)21-11-19(25)24-22-10-15-13(2)23-18-8-4-3-6-14(15)18/h3-10,21,23H,11H2,1-2H3,(H,24,25). The first-order valence-electron chi connectivity index (χ1n) is 7.94. The van der Waals surface area contributed by atoms with E-state index in [2.05, 4.69) is 20.8 Å². The summed E-state index contributed by atoms with van der Waals surface area (Å²) in [6, 6.07) is 13.5. The maximum absolute atomic E-state index is 12.0. The number of aryl methyl sites for hydroxylation is 1. The number of hydrogen-bond acceptors (Lipinski definition) is 3. The molecule has 0 aliphatic carbocycles. The Morgan fingerprint density at radius 2 is 2.00 bits per heavy atom. The van der Waals surface area contributed by atoms with Crippen LogP contribution >= 0.6 is 11.6 Å². The first-order valence-corrected chi connectivity index (χ1v) is 8.32. The number of carbonyl (C=O) groups is 1. The van der Waals surface area contributed by atoms with Gasteiger partial charge in [0.1, 0.15) is 0 Å². The Balaban J connectivity index is 1.61. The molecular weight excluding hydrogens is 336 g/mol.